The summed E-state index contributed by atoms with van der Waals surface area (Å²) in [4.78, 5) is 23.5. The van der Waals surface area contributed by atoms with E-state index < -0.39 is 12.0 Å². The van der Waals surface area contributed by atoms with Gasteiger partial charge in [0.1, 0.15) is 13.2 Å². The maximum Gasteiger partial charge on any atom is 0.325 e. The molecule has 0 aliphatic heterocycles. The fourth-order valence-electron chi connectivity index (χ4n) is 2.04. The molecule has 23 heavy (non-hydrogen) atoms. The molecule has 1 amide bonds. The first kappa shape index (κ1) is 16.7. The number of nitrogens with one attached hydrogen (secondary N) is 1. The van der Waals surface area contributed by atoms with Gasteiger partial charge in [0.05, 0.1) is 6.04 Å². The van der Waals surface area contributed by atoms with Gasteiger partial charge in [0, 0.05) is 0 Å². The van der Waals surface area contributed by atoms with E-state index in [-0.39, 0.29) is 19.1 Å². The standard InChI is InChI=1S/C18H20N2O3/c19-16(11-14-7-3-1-4-8-14)18(22)20-12-17(21)23-13-15-9-5-2-6-10-15/h1-10,16H,11-13,19H2,(H,20,22)/t16-/m0/s1. The third-order valence-corrected chi connectivity index (χ3v) is 3.28. The number of hydrogen-bond donors (Lipinski definition) is 2. The van der Waals surface area contributed by atoms with Crippen molar-refractivity contribution >= 4 is 11.9 Å². The van der Waals surface area contributed by atoms with Gasteiger partial charge in [-0.3, -0.25) is 9.59 Å². The van der Waals surface area contributed by atoms with E-state index in [0.717, 1.165) is 11.1 Å². The van der Waals surface area contributed by atoms with Gasteiger partial charge in [-0.2, -0.15) is 0 Å². The zero-order valence-corrected chi connectivity index (χ0v) is 12.8. The smallest absolute Gasteiger partial charge is 0.325 e. The van der Waals surface area contributed by atoms with Gasteiger partial charge in [-0.15, -0.1) is 0 Å². The number of esters is 1. The second-order valence-corrected chi connectivity index (χ2v) is 5.16. The minimum Gasteiger partial charge on any atom is -0.460 e. The van der Waals surface area contributed by atoms with Crippen molar-refractivity contribution in [3.8, 4) is 0 Å². The highest BCUT2D eigenvalue weighted by Gasteiger charge is 2.15. The van der Waals surface area contributed by atoms with Crippen LogP contribution in [0.3, 0.4) is 0 Å². The van der Waals surface area contributed by atoms with Crippen molar-refractivity contribution in [2.24, 2.45) is 5.73 Å². The molecule has 5 heteroatoms. The van der Waals surface area contributed by atoms with Gasteiger partial charge in [-0.05, 0) is 17.5 Å². The Hall–Kier alpha value is -2.66. The average Bonchev–Trinajstić information content (AvgIpc) is 2.59. The lowest BCUT2D eigenvalue weighted by atomic mass is 10.1. The van der Waals surface area contributed by atoms with Crippen LogP contribution in [-0.2, 0) is 27.4 Å². The Morgan fingerprint density at radius 3 is 2.13 bits per heavy atom. The van der Waals surface area contributed by atoms with E-state index in [1.807, 2.05) is 60.7 Å². The largest absolute Gasteiger partial charge is 0.460 e. The molecule has 0 unspecified atom stereocenters. The normalized spacial score (nSPS) is 11.5. The summed E-state index contributed by atoms with van der Waals surface area (Å²) in [6.45, 7) is -0.000229. The molecule has 0 radical (unpaired) electrons. The molecule has 3 N–H and O–H groups in total. The lowest BCUT2D eigenvalue weighted by Gasteiger charge is -2.12. The van der Waals surface area contributed by atoms with Gasteiger partial charge >= 0.3 is 5.97 Å². The predicted molar refractivity (Wildman–Crippen MR) is 87.4 cm³/mol. The van der Waals surface area contributed by atoms with Crippen LogP contribution < -0.4 is 11.1 Å². The Morgan fingerprint density at radius 1 is 0.957 bits per heavy atom. The van der Waals surface area contributed by atoms with E-state index in [4.69, 9.17) is 10.5 Å². The number of nitrogens with two attached hydrogens (primary N) is 1. The molecule has 2 rings (SSSR count). The van der Waals surface area contributed by atoms with Gasteiger partial charge in [0.15, 0.2) is 0 Å². The van der Waals surface area contributed by atoms with Gasteiger partial charge in [0.25, 0.3) is 0 Å². The molecular formula is C18H20N2O3. The fraction of sp³-hybridized carbons (Fsp3) is 0.222. The van der Waals surface area contributed by atoms with Gasteiger partial charge in [-0.25, -0.2) is 0 Å². The van der Waals surface area contributed by atoms with Gasteiger partial charge < -0.3 is 15.8 Å². The number of carbonyl (C=O) groups is 2. The minimum atomic E-state index is -0.695. The number of rotatable bonds is 7. The molecule has 0 aliphatic carbocycles. The summed E-state index contributed by atoms with van der Waals surface area (Å²) in [6.07, 6.45) is 0.422. The lowest BCUT2D eigenvalue weighted by molar-refractivity contribution is -0.145. The van der Waals surface area contributed by atoms with Crippen molar-refractivity contribution in [2.45, 2.75) is 19.1 Å². The van der Waals surface area contributed by atoms with Crippen molar-refractivity contribution in [3.63, 3.8) is 0 Å². The number of benzene rings is 2. The summed E-state index contributed by atoms with van der Waals surface area (Å²) in [5.74, 6) is -0.861. The van der Waals surface area contributed by atoms with Crippen molar-refractivity contribution in [1.82, 2.24) is 5.32 Å². The Bertz CT molecular complexity index is 629. The molecule has 0 bridgehead atoms. The van der Waals surface area contributed by atoms with Gasteiger partial charge in [-0.1, -0.05) is 60.7 Å². The second-order valence-electron chi connectivity index (χ2n) is 5.16. The molecule has 0 heterocycles. The quantitative estimate of drug-likeness (QED) is 0.758. The van der Waals surface area contributed by atoms with E-state index in [9.17, 15) is 9.59 Å². The highest BCUT2D eigenvalue weighted by molar-refractivity contribution is 5.85. The Balaban J connectivity index is 1.70. The number of amides is 1. The van der Waals surface area contributed by atoms with Crippen LogP contribution >= 0.6 is 0 Å². The number of ether oxygens (including phenoxy) is 1. The molecule has 0 aromatic heterocycles. The van der Waals surface area contributed by atoms with Crippen LogP contribution in [0.15, 0.2) is 60.7 Å². The van der Waals surface area contributed by atoms with E-state index in [1.165, 1.54) is 0 Å². The van der Waals surface area contributed by atoms with Crippen LogP contribution in [0.5, 0.6) is 0 Å². The van der Waals surface area contributed by atoms with Crippen LogP contribution in [0.4, 0.5) is 0 Å². The van der Waals surface area contributed by atoms with E-state index >= 15 is 0 Å². The first-order chi connectivity index (χ1) is 11.1. The first-order valence-electron chi connectivity index (χ1n) is 7.42. The molecule has 0 fully saturated rings. The van der Waals surface area contributed by atoms with E-state index in [0.29, 0.717) is 6.42 Å². The van der Waals surface area contributed by atoms with Crippen molar-refractivity contribution in [3.05, 3.63) is 71.8 Å². The molecule has 0 aliphatic rings. The van der Waals surface area contributed by atoms with Crippen LogP contribution in [-0.4, -0.2) is 24.5 Å². The maximum atomic E-state index is 11.9. The molecule has 2 aromatic rings. The summed E-state index contributed by atoms with van der Waals surface area (Å²) in [5.41, 5.74) is 7.71. The molecule has 5 nitrogen and oxygen atoms in total. The highest BCUT2D eigenvalue weighted by Crippen LogP contribution is 2.02. The van der Waals surface area contributed by atoms with E-state index in [1.54, 1.807) is 0 Å². The Labute approximate surface area is 135 Å². The summed E-state index contributed by atoms with van der Waals surface area (Å²) >= 11 is 0. The summed E-state index contributed by atoms with van der Waals surface area (Å²) in [7, 11) is 0. The Morgan fingerprint density at radius 2 is 1.52 bits per heavy atom. The third kappa shape index (κ3) is 5.92. The topological polar surface area (TPSA) is 81.4 Å². The lowest BCUT2D eigenvalue weighted by Crippen LogP contribution is -2.44. The van der Waals surface area contributed by atoms with Crippen LogP contribution in [0.1, 0.15) is 11.1 Å². The monoisotopic (exact) mass is 312 g/mol. The van der Waals surface area contributed by atoms with Crippen molar-refractivity contribution < 1.29 is 14.3 Å². The third-order valence-electron chi connectivity index (χ3n) is 3.28. The second kappa shape index (κ2) is 8.70. The zero-order valence-electron chi connectivity index (χ0n) is 12.8. The van der Waals surface area contributed by atoms with Crippen molar-refractivity contribution in [2.75, 3.05) is 6.54 Å². The maximum absolute atomic E-state index is 11.9. The van der Waals surface area contributed by atoms with Crippen LogP contribution in [0.25, 0.3) is 0 Å². The first-order valence-corrected chi connectivity index (χ1v) is 7.42. The molecule has 0 spiro atoms. The molecule has 1 atom stereocenters. The minimum absolute atomic E-state index is 0.186. The number of hydrogen-bond acceptors (Lipinski definition) is 4. The van der Waals surface area contributed by atoms with Gasteiger partial charge in [0.2, 0.25) is 5.91 Å². The predicted octanol–water partition coefficient (Wildman–Crippen LogP) is 1.42. The number of carbonyl (C=O) groups excluding carboxylic acids is 2. The molecule has 0 saturated carbocycles. The molecule has 120 valence electrons. The zero-order chi connectivity index (χ0) is 16.5. The van der Waals surface area contributed by atoms with Crippen molar-refractivity contribution in [1.29, 1.82) is 0 Å². The summed E-state index contributed by atoms with van der Waals surface area (Å²) in [5, 5.41) is 2.50. The van der Waals surface area contributed by atoms with Crippen LogP contribution in [0.2, 0.25) is 0 Å². The fourth-order valence-corrected chi connectivity index (χ4v) is 2.04. The Kier molecular flexibility index (Phi) is 6.32. The summed E-state index contributed by atoms with van der Waals surface area (Å²) in [6, 6.07) is 18.1. The molecule has 2 aromatic carbocycles. The SMILES string of the molecule is N[C@@H](Cc1ccccc1)C(=O)NCC(=O)OCc1ccccc1. The highest BCUT2D eigenvalue weighted by atomic mass is 16.5. The summed E-state index contributed by atoms with van der Waals surface area (Å²) < 4.78 is 5.08. The average molecular weight is 312 g/mol. The van der Waals surface area contributed by atoms with E-state index in [2.05, 4.69) is 5.32 Å². The van der Waals surface area contributed by atoms with Crippen LogP contribution in [0, 0.1) is 0 Å². The molecular weight excluding hydrogens is 292 g/mol. The molecule has 0 saturated heterocycles.